The van der Waals surface area contributed by atoms with Crippen molar-refractivity contribution in [3.8, 4) is 0 Å². The van der Waals surface area contributed by atoms with Gasteiger partial charge in [-0.3, -0.25) is 9.78 Å². The number of hydrogen-bond donors (Lipinski definition) is 2. The molecule has 1 aliphatic heterocycles. The summed E-state index contributed by atoms with van der Waals surface area (Å²) in [7, 11) is 0. The molecule has 0 spiro atoms. The van der Waals surface area contributed by atoms with Crippen molar-refractivity contribution in [3.63, 3.8) is 0 Å². The van der Waals surface area contributed by atoms with E-state index in [9.17, 15) is 4.79 Å². The van der Waals surface area contributed by atoms with Crippen LogP contribution in [-0.4, -0.2) is 17.4 Å². The van der Waals surface area contributed by atoms with Gasteiger partial charge in [0.1, 0.15) is 0 Å². The van der Waals surface area contributed by atoms with Crippen molar-refractivity contribution in [1.82, 2.24) is 10.3 Å². The molecule has 0 fully saturated rings. The Balaban J connectivity index is 1.93. The SMILES string of the molecule is O=C(Nc1c(Cl)cccc1Cl)c1cncc2c1CCNC2. The Morgan fingerprint density at radius 3 is 2.76 bits per heavy atom. The quantitative estimate of drug-likeness (QED) is 0.892. The normalized spacial score (nSPS) is 13.6. The predicted molar refractivity (Wildman–Crippen MR) is 84.1 cm³/mol. The van der Waals surface area contributed by atoms with Crippen LogP contribution in [-0.2, 0) is 13.0 Å². The Morgan fingerprint density at radius 2 is 2.00 bits per heavy atom. The van der Waals surface area contributed by atoms with Crippen molar-refractivity contribution in [2.45, 2.75) is 13.0 Å². The van der Waals surface area contributed by atoms with Crippen LogP contribution in [0.2, 0.25) is 10.0 Å². The minimum absolute atomic E-state index is 0.240. The first-order chi connectivity index (χ1) is 10.2. The van der Waals surface area contributed by atoms with Crippen LogP contribution in [0.25, 0.3) is 0 Å². The van der Waals surface area contributed by atoms with Crippen molar-refractivity contribution in [2.75, 3.05) is 11.9 Å². The minimum Gasteiger partial charge on any atom is -0.319 e. The molecular weight excluding hydrogens is 309 g/mol. The van der Waals surface area contributed by atoms with Crippen LogP contribution in [0.15, 0.2) is 30.6 Å². The van der Waals surface area contributed by atoms with Crippen molar-refractivity contribution < 1.29 is 4.79 Å². The molecule has 2 N–H and O–H groups in total. The number of pyridine rings is 1. The van der Waals surface area contributed by atoms with Gasteiger partial charge in [0, 0.05) is 18.9 Å². The topological polar surface area (TPSA) is 54.0 Å². The number of amides is 1. The summed E-state index contributed by atoms with van der Waals surface area (Å²) in [5.74, 6) is -0.240. The van der Waals surface area contributed by atoms with Crippen LogP contribution in [0.3, 0.4) is 0 Å². The maximum atomic E-state index is 12.5. The monoisotopic (exact) mass is 321 g/mol. The molecule has 0 atom stereocenters. The summed E-state index contributed by atoms with van der Waals surface area (Å²) in [5.41, 5.74) is 3.09. The zero-order chi connectivity index (χ0) is 14.8. The summed E-state index contributed by atoms with van der Waals surface area (Å²) >= 11 is 12.2. The van der Waals surface area contributed by atoms with Gasteiger partial charge in [-0.2, -0.15) is 0 Å². The highest BCUT2D eigenvalue weighted by molar-refractivity contribution is 6.40. The van der Waals surface area contributed by atoms with Gasteiger partial charge in [0.25, 0.3) is 5.91 Å². The van der Waals surface area contributed by atoms with Crippen molar-refractivity contribution in [1.29, 1.82) is 0 Å². The smallest absolute Gasteiger partial charge is 0.257 e. The van der Waals surface area contributed by atoms with Gasteiger partial charge in [-0.15, -0.1) is 0 Å². The number of anilines is 1. The Hall–Kier alpha value is -1.62. The molecular formula is C15H13Cl2N3O. The van der Waals surface area contributed by atoms with Crippen molar-refractivity contribution >= 4 is 34.8 Å². The van der Waals surface area contributed by atoms with Gasteiger partial charge in [-0.05, 0) is 36.2 Å². The van der Waals surface area contributed by atoms with Crippen molar-refractivity contribution in [3.05, 3.63) is 57.3 Å². The lowest BCUT2D eigenvalue weighted by Gasteiger charge is -2.19. The van der Waals surface area contributed by atoms with Crippen LogP contribution in [0.4, 0.5) is 5.69 Å². The third kappa shape index (κ3) is 2.88. The molecule has 0 saturated carbocycles. The average Bonchev–Trinajstić information content (AvgIpc) is 2.50. The van der Waals surface area contributed by atoms with Gasteiger partial charge < -0.3 is 10.6 Å². The lowest BCUT2D eigenvalue weighted by Crippen LogP contribution is -2.27. The molecule has 6 heteroatoms. The van der Waals surface area contributed by atoms with E-state index in [1.807, 2.05) is 0 Å². The number of hydrogen-bond acceptors (Lipinski definition) is 3. The molecule has 1 amide bonds. The highest BCUT2D eigenvalue weighted by Crippen LogP contribution is 2.30. The summed E-state index contributed by atoms with van der Waals surface area (Å²) in [6.07, 6.45) is 4.18. The zero-order valence-electron chi connectivity index (χ0n) is 11.1. The summed E-state index contributed by atoms with van der Waals surface area (Å²) in [6, 6.07) is 5.11. The lowest BCUT2D eigenvalue weighted by molar-refractivity contribution is 0.102. The molecule has 1 aromatic carbocycles. The van der Waals surface area contributed by atoms with Crippen LogP contribution < -0.4 is 10.6 Å². The molecule has 4 nitrogen and oxygen atoms in total. The summed E-state index contributed by atoms with van der Waals surface area (Å²) in [4.78, 5) is 16.6. The van der Waals surface area contributed by atoms with E-state index < -0.39 is 0 Å². The third-order valence-electron chi connectivity index (χ3n) is 3.46. The number of benzene rings is 1. The van der Waals surface area contributed by atoms with Gasteiger partial charge in [0.15, 0.2) is 0 Å². The van der Waals surface area contributed by atoms with E-state index in [2.05, 4.69) is 15.6 Å². The van der Waals surface area contributed by atoms with Gasteiger partial charge in [-0.1, -0.05) is 29.3 Å². The maximum Gasteiger partial charge on any atom is 0.257 e. The van der Waals surface area contributed by atoms with E-state index in [1.54, 1.807) is 30.6 Å². The molecule has 108 valence electrons. The van der Waals surface area contributed by atoms with E-state index in [1.165, 1.54) is 0 Å². The lowest BCUT2D eigenvalue weighted by atomic mass is 9.98. The van der Waals surface area contributed by atoms with Crippen LogP contribution in [0.1, 0.15) is 21.5 Å². The fourth-order valence-electron chi connectivity index (χ4n) is 2.41. The molecule has 21 heavy (non-hydrogen) atoms. The molecule has 0 unspecified atom stereocenters. The number of para-hydroxylation sites is 1. The van der Waals surface area contributed by atoms with Crippen LogP contribution in [0, 0.1) is 0 Å². The second-order valence-corrected chi connectivity index (χ2v) is 5.62. The van der Waals surface area contributed by atoms with Gasteiger partial charge in [-0.25, -0.2) is 0 Å². The Morgan fingerprint density at radius 1 is 1.24 bits per heavy atom. The van der Waals surface area contributed by atoms with E-state index in [0.29, 0.717) is 21.3 Å². The molecule has 0 saturated heterocycles. The first kappa shape index (κ1) is 14.3. The molecule has 2 heterocycles. The van der Waals surface area contributed by atoms with Crippen LogP contribution in [0.5, 0.6) is 0 Å². The van der Waals surface area contributed by atoms with E-state index in [-0.39, 0.29) is 5.91 Å². The van der Waals surface area contributed by atoms with E-state index in [4.69, 9.17) is 23.2 Å². The molecule has 1 aliphatic rings. The number of carbonyl (C=O) groups excluding carboxylic acids is 1. The van der Waals surface area contributed by atoms with E-state index in [0.717, 1.165) is 30.6 Å². The molecule has 2 aromatic rings. The Kier molecular flexibility index (Phi) is 4.10. The predicted octanol–water partition coefficient (Wildman–Crippen LogP) is 3.29. The highest BCUT2D eigenvalue weighted by Gasteiger charge is 2.19. The summed E-state index contributed by atoms with van der Waals surface area (Å²) in [6.45, 7) is 1.58. The number of fused-ring (bicyclic) bond motifs is 1. The molecule has 1 aromatic heterocycles. The fraction of sp³-hybridized carbons (Fsp3) is 0.200. The van der Waals surface area contributed by atoms with Gasteiger partial charge >= 0.3 is 0 Å². The first-order valence-electron chi connectivity index (χ1n) is 6.58. The largest absolute Gasteiger partial charge is 0.319 e. The number of carbonyl (C=O) groups is 1. The molecule has 0 aliphatic carbocycles. The number of aromatic nitrogens is 1. The molecule has 3 rings (SSSR count). The number of rotatable bonds is 2. The number of nitrogens with zero attached hydrogens (tertiary/aromatic N) is 1. The molecule has 0 bridgehead atoms. The Bertz CT molecular complexity index is 683. The minimum atomic E-state index is -0.240. The second-order valence-electron chi connectivity index (χ2n) is 4.80. The van der Waals surface area contributed by atoms with Gasteiger partial charge in [0.2, 0.25) is 0 Å². The number of halogens is 2. The fourth-order valence-corrected chi connectivity index (χ4v) is 2.90. The third-order valence-corrected chi connectivity index (χ3v) is 4.09. The van der Waals surface area contributed by atoms with Crippen molar-refractivity contribution in [2.24, 2.45) is 0 Å². The Labute approximate surface area is 132 Å². The average molecular weight is 322 g/mol. The van der Waals surface area contributed by atoms with Gasteiger partial charge in [0.05, 0.1) is 21.3 Å². The first-order valence-corrected chi connectivity index (χ1v) is 7.34. The second kappa shape index (κ2) is 6.02. The number of nitrogens with one attached hydrogen (secondary N) is 2. The standard InChI is InChI=1S/C15H13Cl2N3O/c16-12-2-1-3-13(17)14(12)20-15(21)11-8-19-7-9-6-18-5-4-10(9)11/h1-3,7-8,18H,4-6H2,(H,20,21). The summed E-state index contributed by atoms with van der Waals surface area (Å²) in [5, 5.41) is 6.87. The highest BCUT2D eigenvalue weighted by atomic mass is 35.5. The van der Waals surface area contributed by atoms with Crippen LogP contribution >= 0.6 is 23.2 Å². The molecule has 0 radical (unpaired) electrons. The van der Waals surface area contributed by atoms with E-state index >= 15 is 0 Å². The summed E-state index contributed by atoms with van der Waals surface area (Å²) < 4.78 is 0. The maximum absolute atomic E-state index is 12.5. The zero-order valence-corrected chi connectivity index (χ0v) is 12.6.